The summed E-state index contributed by atoms with van der Waals surface area (Å²) in [4.78, 5) is 3.60. The minimum absolute atomic E-state index is 0.00366. The van der Waals surface area contributed by atoms with Crippen LogP contribution in [-0.2, 0) is 6.61 Å². The van der Waals surface area contributed by atoms with Crippen molar-refractivity contribution < 1.29 is 13.5 Å². The number of rotatable bonds is 3. The molecule has 0 radical (unpaired) electrons. The van der Waals surface area contributed by atoms with E-state index < -0.39 is 11.8 Å². The highest BCUT2D eigenvalue weighted by atomic mass is 35.5. The lowest BCUT2D eigenvalue weighted by molar-refractivity contribution is 0.284. The van der Waals surface area contributed by atoms with Crippen molar-refractivity contribution in [2.24, 2.45) is 0 Å². The molecule has 17 heavy (non-hydrogen) atoms. The Hall–Kier alpha value is -1.68. The Labute approximate surface area is 102 Å². The molecule has 0 saturated heterocycles. The summed E-state index contributed by atoms with van der Waals surface area (Å²) in [5.74, 6) is -1.10. The molecule has 5 heteroatoms. The van der Waals surface area contributed by atoms with Crippen LogP contribution < -0.4 is 4.74 Å². The van der Waals surface area contributed by atoms with E-state index in [9.17, 15) is 8.78 Å². The van der Waals surface area contributed by atoms with Gasteiger partial charge in [-0.3, -0.25) is 0 Å². The van der Waals surface area contributed by atoms with Crippen LogP contribution in [0.3, 0.4) is 0 Å². The van der Waals surface area contributed by atoms with E-state index >= 15 is 0 Å². The van der Waals surface area contributed by atoms with Crippen LogP contribution in [0.15, 0.2) is 36.4 Å². The fourth-order valence-electron chi connectivity index (χ4n) is 1.27. The van der Waals surface area contributed by atoms with Gasteiger partial charge in [-0.25, -0.2) is 9.37 Å². The third-order valence-electron chi connectivity index (χ3n) is 2.04. The molecule has 0 aliphatic heterocycles. The van der Waals surface area contributed by atoms with E-state index in [1.165, 1.54) is 24.3 Å². The molecule has 0 bridgehead atoms. The Morgan fingerprint density at radius 2 is 2.00 bits per heavy atom. The zero-order chi connectivity index (χ0) is 12.3. The first-order valence-electron chi connectivity index (χ1n) is 4.84. The molecule has 0 atom stereocenters. The monoisotopic (exact) mass is 255 g/mol. The van der Waals surface area contributed by atoms with E-state index in [0.717, 1.165) is 6.07 Å². The molecule has 0 aliphatic rings. The number of pyridine rings is 1. The number of aromatic nitrogens is 1. The summed E-state index contributed by atoms with van der Waals surface area (Å²) in [5.41, 5.74) is 0.388. The lowest BCUT2D eigenvalue weighted by atomic mass is 10.3. The van der Waals surface area contributed by atoms with Crippen molar-refractivity contribution in [3.8, 4) is 5.75 Å². The standard InChI is InChI=1S/C12H8ClF2NO/c13-8-4-5-11(10(14)6-8)17-7-9-2-1-3-12(15)16-9/h1-6H,7H2. The maximum Gasteiger partial charge on any atom is 0.213 e. The minimum Gasteiger partial charge on any atom is -0.484 e. The summed E-state index contributed by atoms with van der Waals surface area (Å²) >= 11 is 5.60. The van der Waals surface area contributed by atoms with E-state index in [1.807, 2.05) is 0 Å². The second-order valence-corrected chi connectivity index (χ2v) is 3.75. The molecule has 0 aliphatic carbocycles. The molecule has 1 aromatic heterocycles. The van der Waals surface area contributed by atoms with Crippen molar-refractivity contribution in [3.63, 3.8) is 0 Å². The van der Waals surface area contributed by atoms with Gasteiger partial charge >= 0.3 is 0 Å². The number of benzene rings is 1. The van der Waals surface area contributed by atoms with Gasteiger partial charge in [0, 0.05) is 5.02 Å². The molecule has 2 aromatic rings. The van der Waals surface area contributed by atoms with Crippen molar-refractivity contribution in [2.75, 3.05) is 0 Å². The van der Waals surface area contributed by atoms with Gasteiger partial charge in [0.2, 0.25) is 5.95 Å². The third kappa shape index (κ3) is 3.14. The molecule has 88 valence electrons. The first-order chi connectivity index (χ1) is 8.15. The van der Waals surface area contributed by atoms with Crippen molar-refractivity contribution in [1.82, 2.24) is 4.98 Å². The first-order valence-corrected chi connectivity index (χ1v) is 5.22. The van der Waals surface area contributed by atoms with E-state index in [0.29, 0.717) is 10.7 Å². The summed E-state index contributed by atoms with van der Waals surface area (Å²) < 4.78 is 31.3. The molecule has 1 aromatic carbocycles. The Morgan fingerprint density at radius 1 is 1.18 bits per heavy atom. The maximum absolute atomic E-state index is 13.3. The van der Waals surface area contributed by atoms with Gasteiger partial charge in [-0.1, -0.05) is 17.7 Å². The average Bonchev–Trinajstić information content (AvgIpc) is 2.28. The van der Waals surface area contributed by atoms with Crippen molar-refractivity contribution in [1.29, 1.82) is 0 Å². The molecule has 1 heterocycles. The molecular weight excluding hydrogens is 248 g/mol. The Morgan fingerprint density at radius 3 is 2.71 bits per heavy atom. The van der Waals surface area contributed by atoms with E-state index in [2.05, 4.69) is 4.98 Å². The molecule has 0 spiro atoms. The number of hydrogen-bond donors (Lipinski definition) is 0. The van der Waals surface area contributed by atoms with Crippen molar-refractivity contribution in [3.05, 3.63) is 58.9 Å². The van der Waals surface area contributed by atoms with Crippen LogP contribution in [0.2, 0.25) is 5.02 Å². The van der Waals surface area contributed by atoms with Gasteiger partial charge in [-0.2, -0.15) is 4.39 Å². The number of nitrogens with zero attached hydrogens (tertiary/aromatic N) is 1. The summed E-state index contributed by atoms with van der Waals surface area (Å²) in [6.07, 6.45) is 0. The largest absolute Gasteiger partial charge is 0.484 e. The van der Waals surface area contributed by atoms with Crippen molar-refractivity contribution in [2.45, 2.75) is 6.61 Å². The van der Waals surface area contributed by atoms with Crippen LogP contribution in [0.1, 0.15) is 5.69 Å². The normalized spacial score (nSPS) is 10.3. The number of ether oxygens (including phenoxy) is 1. The maximum atomic E-state index is 13.3. The van der Waals surface area contributed by atoms with Crippen LogP contribution in [0, 0.1) is 11.8 Å². The van der Waals surface area contributed by atoms with Crippen LogP contribution in [0.25, 0.3) is 0 Å². The Kier molecular flexibility index (Phi) is 3.54. The fraction of sp³-hybridized carbons (Fsp3) is 0.0833. The summed E-state index contributed by atoms with van der Waals surface area (Å²) in [6.45, 7) is -0.00366. The smallest absolute Gasteiger partial charge is 0.213 e. The highest BCUT2D eigenvalue weighted by molar-refractivity contribution is 6.30. The van der Waals surface area contributed by atoms with Crippen LogP contribution in [0.5, 0.6) is 5.75 Å². The lowest BCUT2D eigenvalue weighted by Gasteiger charge is -2.06. The van der Waals surface area contributed by atoms with E-state index in [4.69, 9.17) is 16.3 Å². The zero-order valence-electron chi connectivity index (χ0n) is 8.66. The van der Waals surface area contributed by atoms with Gasteiger partial charge in [0.15, 0.2) is 11.6 Å². The van der Waals surface area contributed by atoms with Gasteiger partial charge in [-0.05, 0) is 30.3 Å². The highest BCUT2D eigenvalue weighted by Gasteiger charge is 2.05. The summed E-state index contributed by atoms with van der Waals surface area (Å²) in [5, 5.41) is 0.290. The molecule has 0 saturated carbocycles. The molecule has 0 N–H and O–H groups in total. The molecule has 0 unspecified atom stereocenters. The number of halogens is 3. The van der Waals surface area contributed by atoms with Gasteiger partial charge in [0.25, 0.3) is 0 Å². The van der Waals surface area contributed by atoms with Crippen LogP contribution in [-0.4, -0.2) is 4.98 Å². The predicted octanol–water partition coefficient (Wildman–Crippen LogP) is 3.59. The first kappa shape index (κ1) is 11.8. The van der Waals surface area contributed by atoms with Crippen molar-refractivity contribution >= 4 is 11.6 Å². The van der Waals surface area contributed by atoms with Gasteiger partial charge in [0.1, 0.15) is 6.61 Å². The molecule has 0 fully saturated rings. The van der Waals surface area contributed by atoms with Gasteiger partial charge in [-0.15, -0.1) is 0 Å². The molecule has 2 rings (SSSR count). The minimum atomic E-state index is -0.595. The van der Waals surface area contributed by atoms with E-state index in [-0.39, 0.29) is 12.4 Å². The average molecular weight is 256 g/mol. The lowest BCUT2D eigenvalue weighted by Crippen LogP contribution is -2.00. The summed E-state index contributed by atoms with van der Waals surface area (Å²) in [7, 11) is 0. The quantitative estimate of drug-likeness (QED) is 0.782. The third-order valence-corrected chi connectivity index (χ3v) is 2.28. The molecule has 0 amide bonds. The van der Waals surface area contributed by atoms with Gasteiger partial charge in [0.05, 0.1) is 5.69 Å². The predicted molar refractivity (Wildman–Crippen MR) is 59.9 cm³/mol. The zero-order valence-corrected chi connectivity index (χ0v) is 9.42. The molecular formula is C12H8ClF2NO. The topological polar surface area (TPSA) is 22.1 Å². The fourth-order valence-corrected chi connectivity index (χ4v) is 1.43. The Bertz CT molecular complexity index is 534. The van der Waals surface area contributed by atoms with Gasteiger partial charge < -0.3 is 4.74 Å². The SMILES string of the molecule is Fc1cccc(COc2ccc(Cl)cc2F)n1. The Balaban J connectivity index is 2.07. The second-order valence-electron chi connectivity index (χ2n) is 3.32. The van der Waals surface area contributed by atoms with Crippen LogP contribution in [0.4, 0.5) is 8.78 Å². The highest BCUT2D eigenvalue weighted by Crippen LogP contribution is 2.21. The van der Waals surface area contributed by atoms with E-state index in [1.54, 1.807) is 6.07 Å². The number of hydrogen-bond acceptors (Lipinski definition) is 2. The second kappa shape index (κ2) is 5.10. The molecule has 2 nitrogen and oxygen atoms in total. The van der Waals surface area contributed by atoms with Crippen LogP contribution >= 0.6 is 11.6 Å². The summed E-state index contributed by atoms with van der Waals surface area (Å²) in [6, 6.07) is 8.41.